The molecule has 0 spiro atoms. The topological polar surface area (TPSA) is 9.23 Å². The molecule has 1 aromatic carbocycles. The fourth-order valence-corrected chi connectivity index (χ4v) is 2.02. The molecule has 0 saturated heterocycles. The molecule has 14 heavy (non-hydrogen) atoms. The maximum atomic E-state index is 5.74. The summed E-state index contributed by atoms with van der Waals surface area (Å²) >= 11 is 3.41. The number of benzene rings is 1. The average Bonchev–Trinajstić information content (AvgIpc) is 2.64. The summed E-state index contributed by atoms with van der Waals surface area (Å²) in [6.07, 6.45) is 4.00. The lowest BCUT2D eigenvalue weighted by Crippen LogP contribution is -2.12. The lowest BCUT2D eigenvalue weighted by molar-refractivity contribution is 0.248. The molecular weight excluding hydrogens is 240 g/mol. The fraction of sp³-hybridized carbons (Fsp3) is 0.500. The van der Waals surface area contributed by atoms with Crippen molar-refractivity contribution in [2.24, 2.45) is 0 Å². The first-order valence-corrected chi connectivity index (χ1v) is 6.26. The van der Waals surface area contributed by atoms with Crippen LogP contribution < -0.4 is 4.74 Å². The smallest absolute Gasteiger partial charge is 0.120 e. The first-order valence-electron chi connectivity index (χ1n) is 5.14. The molecule has 2 heteroatoms. The zero-order valence-electron chi connectivity index (χ0n) is 8.42. The highest BCUT2D eigenvalue weighted by atomic mass is 79.9. The SMILES string of the molecule is CC(CBr)Oc1ccc2c(c1)CCC2. The van der Waals surface area contributed by atoms with Gasteiger partial charge in [-0.2, -0.15) is 0 Å². The highest BCUT2D eigenvalue weighted by molar-refractivity contribution is 9.09. The normalized spacial score (nSPS) is 16.4. The lowest BCUT2D eigenvalue weighted by Gasteiger charge is -2.12. The molecule has 76 valence electrons. The summed E-state index contributed by atoms with van der Waals surface area (Å²) in [5.41, 5.74) is 2.98. The Hall–Kier alpha value is -0.500. The number of aryl methyl sites for hydroxylation is 2. The molecule has 1 unspecified atom stereocenters. The van der Waals surface area contributed by atoms with Gasteiger partial charge in [0, 0.05) is 5.33 Å². The number of rotatable bonds is 3. The summed E-state index contributed by atoms with van der Waals surface area (Å²) in [5, 5.41) is 0.879. The van der Waals surface area contributed by atoms with E-state index in [1.807, 2.05) is 0 Å². The largest absolute Gasteiger partial charge is 0.490 e. The second-order valence-electron chi connectivity index (χ2n) is 3.87. The molecule has 0 saturated carbocycles. The number of halogens is 1. The van der Waals surface area contributed by atoms with E-state index in [0.717, 1.165) is 11.1 Å². The Morgan fingerprint density at radius 3 is 2.93 bits per heavy atom. The van der Waals surface area contributed by atoms with Crippen molar-refractivity contribution in [2.75, 3.05) is 5.33 Å². The van der Waals surface area contributed by atoms with Crippen LogP contribution >= 0.6 is 15.9 Å². The maximum Gasteiger partial charge on any atom is 0.120 e. The molecule has 1 aliphatic rings. The number of alkyl halides is 1. The molecule has 1 aromatic rings. The minimum atomic E-state index is 0.245. The summed E-state index contributed by atoms with van der Waals surface area (Å²) in [7, 11) is 0. The third-order valence-electron chi connectivity index (χ3n) is 2.62. The van der Waals surface area contributed by atoms with E-state index >= 15 is 0 Å². The molecule has 0 radical (unpaired) electrons. The van der Waals surface area contributed by atoms with Crippen molar-refractivity contribution >= 4 is 15.9 Å². The van der Waals surface area contributed by atoms with E-state index < -0.39 is 0 Å². The Labute approximate surface area is 93.6 Å². The first-order chi connectivity index (χ1) is 6.79. The number of hydrogen-bond donors (Lipinski definition) is 0. The zero-order chi connectivity index (χ0) is 9.97. The summed E-state index contributed by atoms with van der Waals surface area (Å²) in [6, 6.07) is 6.49. The van der Waals surface area contributed by atoms with Crippen LogP contribution in [0.2, 0.25) is 0 Å². The van der Waals surface area contributed by atoms with E-state index in [2.05, 4.69) is 41.1 Å². The van der Waals surface area contributed by atoms with Crippen LogP contribution in [0.5, 0.6) is 5.75 Å². The monoisotopic (exact) mass is 254 g/mol. The summed E-state index contributed by atoms with van der Waals surface area (Å²) < 4.78 is 5.74. The highest BCUT2D eigenvalue weighted by Gasteiger charge is 2.11. The van der Waals surface area contributed by atoms with Crippen molar-refractivity contribution in [3.8, 4) is 5.75 Å². The predicted molar refractivity (Wildman–Crippen MR) is 62.4 cm³/mol. The molecule has 1 aliphatic carbocycles. The van der Waals surface area contributed by atoms with Crippen molar-refractivity contribution in [1.82, 2.24) is 0 Å². The number of hydrogen-bond acceptors (Lipinski definition) is 1. The number of fused-ring (bicyclic) bond motifs is 1. The van der Waals surface area contributed by atoms with Crippen LogP contribution in [0.3, 0.4) is 0 Å². The Morgan fingerprint density at radius 2 is 2.14 bits per heavy atom. The average molecular weight is 255 g/mol. The Balaban J connectivity index is 2.12. The summed E-state index contributed by atoms with van der Waals surface area (Å²) in [5.74, 6) is 1.01. The van der Waals surface area contributed by atoms with E-state index in [9.17, 15) is 0 Å². The van der Waals surface area contributed by atoms with Gasteiger partial charge in [-0.05, 0) is 49.4 Å². The Kier molecular flexibility index (Phi) is 3.12. The van der Waals surface area contributed by atoms with Gasteiger partial charge in [0.2, 0.25) is 0 Å². The van der Waals surface area contributed by atoms with Crippen LogP contribution in [0.25, 0.3) is 0 Å². The van der Waals surface area contributed by atoms with Gasteiger partial charge in [-0.15, -0.1) is 0 Å². The van der Waals surface area contributed by atoms with E-state index in [1.165, 1.54) is 30.4 Å². The molecule has 0 N–H and O–H groups in total. The van der Waals surface area contributed by atoms with Crippen LogP contribution in [0.15, 0.2) is 18.2 Å². The predicted octanol–water partition coefficient (Wildman–Crippen LogP) is 3.34. The second kappa shape index (κ2) is 4.35. The molecular formula is C12H15BrO. The van der Waals surface area contributed by atoms with Crippen molar-refractivity contribution in [2.45, 2.75) is 32.3 Å². The minimum absolute atomic E-state index is 0.245. The summed E-state index contributed by atoms with van der Waals surface area (Å²) in [4.78, 5) is 0. The van der Waals surface area contributed by atoms with E-state index in [0.29, 0.717) is 0 Å². The van der Waals surface area contributed by atoms with Gasteiger partial charge >= 0.3 is 0 Å². The summed E-state index contributed by atoms with van der Waals surface area (Å²) in [6.45, 7) is 2.07. The van der Waals surface area contributed by atoms with Crippen LogP contribution in [-0.4, -0.2) is 11.4 Å². The molecule has 0 bridgehead atoms. The van der Waals surface area contributed by atoms with Crippen molar-refractivity contribution in [3.05, 3.63) is 29.3 Å². The molecule has 1 atom stereocenters. The standard InChI is InChI=1S/C12H15BrO/c1-9(8-13)14-12-6-5-10-3-2-4-11(10)7-12/h5-7,9H,2-4,8H2,1H3. The highest BCUT2D eigenvalue weighted by Crippen LogP contribution is 2.26. The van der Waals surface area contributed by atoms with Gasteiger partial charge in [0.25, 0.3) is 0 Å². The van der Waals surface area contributed by atoms with Crippen molar-refractivity contribution in [3.63, 3.8) is 0 Å². The fourth-order valence-electron chi connectivity index (χ4n) is 1.89. The van der Waals surface area contributed by atoms with Gasteiger partial charge in [-0.3, -0.25) is 0 Å². The third kappa shape index (κ3) is 2.11. The van der Waals surface area contributed by atoms with E-state index in [1.54, 1.807) is 0 Å². The Morgan fingerprint density at radius 1 is 1.36 bits per heavy atom. The van der Waals surface area contributed by atoms with Crippen molar-refractivity contribution < 1.29 is 4.74 Å². The van der Waals surface area contributed by atoms with Gasteiger partial charge in [0.15, 0.2) is 0 Å². The minimum Gasteiger partial charge on any atom is -0.490 e. The molecule has 0 aliphatic heterocycles. The molecule has 0 aromatic heterocycles. The van der Waals surface area contributed by atoms with Gasteiger partial charge in [-0.1, -0.05) is 22.0 Å². The molecule has 1 nitrogen and oxygen atoms in total. The van der Waals surface area contributed by atoms with E-state index in [4.69, 9.17) is 4.74 Å². The van der Waals surface area contributed by atoms with Crippen molar-refractivity contribution in [1.29, 1.82) is 0 Å². The Bertz CT molecular complexity index is 322. The first kappa shape index (κ1) is 10.0. The van der Waals surface area contributed by atoms with Crippen LogP contribution in [0.4, 0.5) is 0 Å². The maximum absolute atomic E-state index is 5.74. The zero-order valence-corrected chi connectivity index (χ0v) is 10.0. The quantitative estimate of drug-likeness (QED) is 0.753. The third-order valence-corrected chi connectivity index (χ3v) is 3.54. The van der Waals surface area contributed by atoms with Gasteiger partial charge in [0.1, 0.15) is 11.9 Å². The molecule has 2 rings (SSSR count). The van der Waals surface area contributed by atoms with Crippen LogP contribution in [0, 0.1) is 0 Å². The van der Waals surface area contributed by atoms with Crippen LogP contribution in [-0.2, 0) is 12.8 Å². The molecule has 0 heterocycles. The van der Waals surface area contributed by atoms with Gasteiger partial charge < -0.3 is 4.74 Å². The van der Waals surface area contributed by atoms with Gasteiger partial charge in [-0.25, -0.2) is 0 Å². The lowest BCUT2D eigenvalue weighted by atomic mass is 10.1. The molecule has 0 amide bonds. The second-order valence-corrected chi connectivity index (χ2v) is 4.51. The van der Waals surface area contributed by atoms with Gasteiger partial charge in [0.05, 0.1) is 0 Å². The van der Waals surface area contributed by atoms with Crippen LogP contribution in [0.1, 0.15) is 24.5 Å². The molecule has 0 fully saturated rings. The van der Waals surface area contributed by atoms with E-state index in [-0.39, 0.29) is 6.10 Å². The number of ether oxygens (including phenoxy) is 1.